The second-order valence-corrected chi connectivity index (χ2v) is 6.02. The molecule has 4 heteroatoms. The van der Waals surface area contributed by atoms with E-state index in [9.17, 15) is 9.50 Å². The van der Waals surface area contributed by atoms with Crippen LogP contribution in [0.2, 0.25) is 5.02 Å². The maximum atomic E-state index is 12.9. The fourth-order valence-electron chi connectivity index (χ4n) is 1.95. The summed E-state index contributed by atoms with van der Waals surface area (Å²) >= 11 is 9.49. The highest BCUT2D eigenvalue weighted by atomic mass is 79.9. The second kappa shape index (κ2) is 5.61. The predicted molar refractivity (Wildman–Crippen MR) is 78.8 cm³/mol. The molecule has 2 aromatic carbocycles. The molecule has 0 aliphatic carbocycles. The fraction of sp³-hybridized carbons (Fsp3) is 0.200. The van der Waals surface area contributed by atoms with Gasteiger partial charge in [-0.3, -0.25) is 0 Å². The molecule has 1 unspecified atom stereocenters. The summed E-state index contributed by atoms with van der Waals surface area (Å²) in [6.45, 7) is 1.69. The minimum absolute atomic E-state index is 0.318. The van der Waals surface area contributed by atoms with Crippen molar-refractivity contribution in [2.75, 3.05) is 0 Å². The monoisotopic (exact) mass is 342 g/mol. The molecule has 0 heterocycles. The van der Waals surface area contributed by atoms with Crippen LogP contribution < -0.4 is 0 Å². The van der Waals surface area contributed by atoms with E-state index in [0.717, 1.165) is 10.0 Å². The normalized spacial score (nSPS) is 14.2. The molecule has 2 aromatic rings. The minimum atomic E-state index is -1.09. The maximum absolute atomic E-state index is 12.9. The van der Waals surface area contributed by atoms with Crippen LogP contribution in [0.1, 0.15) is 18.1 Å². The molecule has 0 aromatic heterocycles. The summed E-state index contributed by atoms with van der Waals surface area (Å²) in [5.41, 5.74) is 0.414. The largest absolute Gasteiger partial charge is 0.385 e. The minimum Gasteiger partial charge on any atom is -0.385 e. The molecule has 0 fully saturated rings. The molecular weight excluding hydrogens is 331 g/mol. The van der Waals surface area contributed by atoms with Gasteiger partial charge in [0.05, 0.1) is 5.60 Å². The number of halogens is 3. The van der Waals surface area contributed by atoms with Gasteiger partial charge in [-0.1, -0.05) is 45.7 Å². The van der Waals surface area contributed by atoms with Gasteiger partial charge >= 0.3 is 0 Å². The van der Waals surface area contributed by atoms with Crippen LogP contribution in [-0.4, -0.2) is 5.11 Å². The molecule has 100 valence electrons. The highest BCUT2D eigenvalue weighted by molar-refractivity contribution is 9.10. The fourth-order valence-corrected chi connectivity index (χ4v) is 2.69. The van der Waals surface area contributed by atoms with E-state index in [1.807, 2.05) is 12.1 Å². The third-order valence-electron chi connectivity index (χ3n) is 3.02. The first-order chi connectivity index (χ1) is 8.88. The van der Waals surface area contributed by atoms with Gasteiger partial charge in [-0.25, -0.2) is 4.39 Å². The van der Waals surface area contributed by atoms with Gasteiger partial charge in [0.25, 0.3) is 0 Å². The first kappa shape index (κ1) is 14.5. The van der Waals surface area contributed by atoms with Crippen molar-refractivity contribution in [3.63, 3.8) is 0 Å². The van der Waals surface area contributed by atoms with E-state index in [1.165, 1.54) is 12.1 Å². The SMILES string of the molecule is CC(O)(Cc1ccc(Br)cc1Cl)c1ccc(F)cc1. The molecule has 19 heavy (non-hydrogen) atoms. The lowest BCUT2D eigenvalue weighted by molar-refractivity contribution is 0.0576. The molecule has 0 amide bonds. The summed E-state index contributed by atoms with van der Waals surface area (Å²) in [6.07, 6.45) is 0.366. The van der Waals surface area contributed by atoms with Crippen molar-refractivity contribution >= 4 is 27.5 Å². The van der Waals surface area contributed by atoms with E-state index in [2.05, 4.69) is 15.9 Å². The molecule has 0 radical (unpaired) electrons. The molecule has 1 nitrogen and oxygen atoms in total. The summed E-state index contributed by atoms with van der Waals surface area (Å²) in [6, 6.07) is 11.4. The third kappa shape index (κ3) is 3.56. The standard InChI is InChI=1S/C15H13BrClFO/c1-15(19,11-3-6-13(18)7-4-11)9-10-2-5-12(16)8-14(10)17/h2-8,19H,9H2,1H3. The topological polar surface area (TPSA) is 20.2 Å². The zero-order chi connectivity index (χ0) is 14.0. The van der Waals surface area contributed by atoms with E-state index in [0.29, 0.717) is 17.0 Å². The molecule has 2 rings (SSSR count). The number of rotatable bonds is 3. The van der Waals surface area contributed by atoms with Gasteiger partial charge < -0.3 is 5.11 Å². The highest BCUT2D eigenvalue weighted by Crippen LogP contribution is 2.30. The number of hydrogen-bond donors (Lipinski definition) is 1. The predicted octanol–water partition coefficient (Wildman–Crippen LogP) is 4.69. The van der Waals surface area contributed by atoms with Crippen LogP contribution in [0, 0.1) is 5.82 Å². The Hall–Kier alpha value is -0.900. The van der Waals surface area contributed by atoms with Crippen molar-refractivity contribution in [2.45, 2.75) is 18.9 Å². The number of benzene rings is 2. The molecule has 1 atom stereocenters. The Balaban J connectivity index is 2.27. The van der Waals surface area contributed by atoms with Gasteiger partial charge in [-0.2, -0.15) is 0 Å². The lowest BCUT2D eigenvalue weighted by atomic mass is 9.89. The molecule has 0 saturated heterocycles. The Morgan fingerprint density at radius 1 is 1.21 bits per heavy atom. The van der Waals surface area contributed by atoms with Crippen molar-refractivity contribution < 1.29 is 9.50 Å². The van der Waals surface area contributed by atoms with E-state index >= 15 is 0 Å². The summed E-state index contributed by atoms with van der Waals surface area (Å²) < 4.78 is 13.8. The highest BCUT2D eigenvalue weighted by Gasteiger charge is 2.24. The van der Waals surface area contributed by atoms with Gasteiger partial charge in [0.1, 0.15) is 5.82 Å². The zero-order valence-electron chi connectivity index (χ0n) is 10.3. The van der Waals surface area contributed by atoms with Crippen LogP contribution in [0.25, 0.3) is 0 Å². The Labute approximate surface area is 125 Å². The van der Waals surface area contributed by atoms with E-state index in [1.54, 1.807) is 25.1 Å². The molecule has 0 aliphatic heterocycles. The molecule has 0 saturated carbocycles. The zero-order valence-corrected chi connectivity index (χ0v) is 12.7. The van der Waals surface area contributed by atoms with Crippen molar-refractivity contribution in [1.82, 2.24) is 0 Å². The summed E-state index contributed by atoms with van der Waals surface area (Å²) in [5.74, 6) is -0.318. The van der Waals surface area contributed by atoms with Crippen LogP contribution in [-0.2, 0) is 12.0 Å². The Morgan fingerprint density at radius 3 is 2.42 bits per heavy atom. The molecule has 1 N–H and O–H groups in total. The lowest BCUT2D eigenvalue weighted by Crippen LogP contribution is -2.24. The van der Waals surface area contributed by atoms with Crippen LogP contribution in [0.3, 0.4) is 0 Å². The molecule has 0 spiro atoms. The van der Waals surface area contributed by atoms with Gasteiger partial charge in [-0.05, 0) is 42.3 Å². The smallest absolute Gasteiger partial charge is 0.123 e. The van der Waals surface area contributed by atoms with Crippen LogP contribution in [0.4, 0.5) is 4.39 Å². The van der Waals surface area contributed by atoms with E-state index in [-0.39, 0.29) is 5.82 Å². The maximum Gasteiger partial charge on any atom is 0.123 e. The quantitative estimate of drug-likeness (QED) is 0.857. The lowest BCUT2D eigenvalue weighted by Gasteiger charge is -2.24. The second-order valence-electron chi connectivity index (χ2n) is 4.69. The van der Waals surface area contributed by atoms with E-state index in [4.69, 9.17) is 11.6 Å². The van der Waals surface area contributed by atoms with Gasteiger partial charge in [-0.15, -0.1) is 0 Å². The number of aliphatic hydroxyl groups is 1. The molecule has 0 aliphatic rings. The third-order valence-corrected chi connectivity index (χ3v) is 3.86. The summed E-state index contributed by atoms with van der Waals surface area (Å²) in [5, 5.41) is 11.1. The van der Waals surface area contributed by atoms with Crippen molar-refractivity contribution in [3.8, 4) is 0 Å². The average molecular weight is 344 g/mol. The van der Waals surface area contributed by atoms with Crippen molar-refractivity contribution in [1.29, 1.82) is 0 Å². The van der Waals surface area contributed by atoms with Gasteiger partial charge in [0, 0.05) is 15.9 Å². The van der Waals surface area contributed by atoms with Gasteiger partial charge in [0.2, 0.25) is 0 Å². The number of hydrogen-bond acceptors (Lipinski definition) is 1. The summed E-state index contributed by atoms with van der Waals surface area (Å²) in [7, 11) is 0. The Bertz CT molecular complexity index is 581. The first-order valence-electron chi connectivity index (χ1n) is 5.81. The van der Waals surface area contributed by atoms with Crippen molar-refractivity contribution in [3.05, 3.63) is 68.9 Å². The average Bonchev–Trinajstić information content (AvgIpc) is 2.33. The van der Waals surface area contributed by atoms with Gasteiger partial charge in [0.15, 0.2) is 0 Å². The molecular formula is C15H13BrClFO. The van der Waals surface area contributed by atoms with Crippen LogP contribution >= 0.6 is 27.5 Å². The molecule has 0 bridgehead atoms. The summed E-state index contributed by atoms with van der Waals surface area (Å²) in [4.78, 5) is 0. The Kier molecular flexibility index (Phi) is 4.29. The first-order valence-corrected chi connectivity index (χ1v) is 6.98. The Morgan fingerprint density at radius 2 is 1.84 bits per heavy atom. The van der Waals surface area contributed by atoms with Crippen LogP contribution in [0.15, 0.2) is 46.9 Å². The van der Waals surface area contributed by atoms with Crippen molar-refractivity contribution in [2.24, 2.45) is 0 Å². The van der Waals surface area contributed by atoms with Crippen LogP contribution in [0.5, 0.6) is 0 Å². The van der Waals surface area contributed by atoms with E-state index < -0.39 is 5.60 Å².